The van der Waals surface area contributed by atoms with Crippen LogP contribution in [0.25, 0.3) is 0 Å². The summed E-state index contributed by atoms with van der Waals surface area (Å²) < 4.78 is 0. The van der Waals surface area contributed by atoms with E-state index in [-0.39, 0.29) is 6.17 Å². The Morgan fingerprint density at radius 2 is 2.08 bits per heavy atom. The van der Waals surface area contributed by atoms with E-state index in [0.29, 0.717) is 6.04 Å². The van der Waals surface area contributed by atoms with Gasteiger partial charge in [0.1, 0.15) is 0 Å². The first-order chi connectivity index (χ1) is 6.20. The molecule has 1 aromatic carbocycles. The molecule has 2 heteroatoms. The Morgan fingerprint density at radius 1 is 1.38 bits per heavy atom. The van der Waals surface area contributed by atoms with Gasteiger partial charge in [-0.15, -0.1) is 0 Å². The van der Waals surface area contributed by atoms with Gasteiger partial charge in [0.15, 0.2) is 0 Å². The maximum absolute atomic E-state index is 6.06. The zero-order chi connectivity index (χ0) is 9.42. The summed E-state index contributed by atoms with van der Waals surface area (Å²) in [6.45, 7) is 4.36. The molecule has 0 radical (unpaired) electrons. The van der Waals surface area contributed by atoms with Gasteiger partial charge in [-0.05, 0) is 25.5 Å². The second kappa shape index (κ2) is 3.04. The number of hydrogen-bond donors (Lipinski definition) is 1. The van der Waals surface area contributed by atoms with E-state index < -0.39 is 0 Å². The van der Waals surface area contributed by atoms with Gasteiger partial charge in [-0.3, -0.25) is 0 Å². The molecule has 2 N–H and O–H groups in total. The van der Waals surface area contributed by atoms with E-state index in [1.54, 1.807) is 0 Å². The van der Waals surface area contributed by atoms with Crippen molar-refractivity contribution in [2.75, 3.05) is 4.90 Å². The van der Waals surface area contributed by atoms with Crippen molar-refractivity contribution in [1.82, 2.24) is 0 Å². The molecule has 0 saturated heterocycles. The van der Waals surface area contributed by atoms with Gasteiger partial charge in [0.05, 0.1) is 6.17 Å². The van der Waals surface area contributed by atoms with Crippen molar-refractivity contribution in [1.29, 1.82) is 0 Å². The second-order valence-electron chi connectivity index (χ2n) is 3.90. The van der Waals surface area contributed by atoms with E-state index in [2.05, 4.69) is 43.0 Å². The topological polar surface area (TPSA) is 29.3 Å². The van der Waals surface area contributed by atoms with Crippen LogP contribution in [0, 0.1) is 0 Å². The third kappa shape index (κ3) is 1.31. The fourth-order valence-corrected chi connectivity index (χ4v) is 2.10. The summed E-state index contributed by atoms with van der Waals surface area (Å²) in [7, 11) is 0. The molecule has 1 aromatic rings. The summed E-state index contributed by atoms with van der Waals surface area (Å²) in [6, 6.07) is 8.96. The molecule has 13 heavy (non-hydrogen) atoms. The van der Waals surface area contributed by atoms with Gasteiger partial charge in [-0.25, -0.2) is 0 Å². The minimum atomic E-state index is 0.164. The summed E-state index contributed by atoms with van der Waals surface area (Å²) in [5.41, 5.74) is 8.74. The molecular weight excluding hydrogens is 160 g/mol. The standard InChI is InChI=1S/C11H16N2/c1-8(2)13-10-6-4-3-5-9(10)7-11(13)12/h3-6,8,11H,7,12H2,1-2H3. The lowest BCUT2D eigenvalue weighted by molar-refractivity contribution is 0.586. The molecule has 1 aliphatic heterocycles. The van der Waals surface area contributed by atoms with E-state index in [9.17, 15) is 0 Å². The van der Waals surface area contributed by atoms with Crippen molar-refractivity contribution in [3.8, 4) is 0 Å². The van der Waals surface area contributed by atoms with Crippen LogP contribution < -0.4 is 10.6 Å². The van der Waals surface area contributed by atoms with Crippen LogP contribution in [0.3, 0.4) is 0 Å². The quantitative estimate of drug-likeness (QED) is 0.706. The second-order valence-corrected chi connectivity index (χ2v) is 3.90. The highest BCUT2D eigenvalue weighted by atomic mass is 15.3. The summed E-state index contributed by atoms with van der Waals surface area (Å²) in [5, 5.41) is 0. The maximum atomic E-state index is 6.06. The van der Waals surface area contributed by atoms with Gasteiger partial charge in [0.25, 0.3) is 0 Å². The van der Waals surface area contributed by atoms with Crippen LogP contribution >= 0.6 is 0 Å². The SMILES string of the molecule is CC(C)N1c2ccccc2CC1N. The molecule has 1 atom stereocenters. The third-order valence-electron chi connectivity index (χ3n) is 2.61. The van der Waals surface area contributed by atoms with Crippen molar-refractivity contribution in [3.05, 3.63) is 29.8 Å². The minimum absolute atomic E-state index is 0.164. The van der Waals surface area contributed by atoms with Crippen molar-refractivity contribution < 1.29 is 0 Å². The molecule has 0 aromatic heterocycles. The number of nitrogens with zero attached hydrogens (tertiary/aromatic N) is 1. The van der Waals surface area contributed by atoms with E-state index in [4.69, 9.17) is 5.73 Å². The molecular formula is C11H16N2. The highest BCUT2D eigenvalue weighted by Gasteiger charge is 2.27. The summed E-state index contributed by atoms with van der Waals surface area (Å²) >= 11 is 0. The Labute approximate surface area is 79.4 Å². The lowest BCUT2D eigenvalue weighted by Crippen LogP contribution is -2.43. The predicted octanol–water partition coefficient (Wildman–Crippen LogP) is 1.74. The normalized spacial score (nSPS) is 20.9. The predicted molar refractivity (Wildman–Crippen MR) is 55.7 cm³/mol. The zero-order valence-corrected chi connectivity index (χ0v) is 8.20. The maximum Gasteiger partial charge on any atom is 0.0815 e. The van der Waals surface area contributed by atoms with Gasteiger partial charge < -0.3 is 10.6 Å². The van der Waals surface area contributed by atoms with Crippen LogP contribution in [0.1, 0.15) is 19.4 Å². The Kier molecular flexibility index (Phi) is 2.00. The number of hydrogen-bond acceptors (Lipinski definition) is 2. The van der Waals surface area contributed by atoms with Gasteiger partial charge in [-0.2, -0.15) is 0 Å². The van der Waals surface area contributed by atoms with Gasteiger partial charge in [0, 0.05) is 18.2 Å². The fraction of sp³-hybridized carbons (Fsp3) is 0.455. The molecule has 0 aliphatic carbocycles. The minimum Gasteiger partial charge on any atom is -0.353 e. The molecule has 1 unspecified atom stereocenters. The van der Waals surface area contributed by atoms with Gasteiger partial charge in [-0.1, -0.05) is 18.2 Å². The van der Waals surface area contributed by atoms with Gasteiger partial charge in [0.2, 0.25) is 0 Å². The van der Waals surface area contributed by atoms with Crippen molar-refractivity contribution in [3.63, 3.8) is 0 Å². The zero-order valence-electron chi connectivity index (χ0n) is 8.20. The molecule has 2 rings (SSSR count). The molecule has 0 bridgehead atoms. The molecule has 70 valence electrons. The highest BCUT2D eigenvalue weighted by molar-refractivity contribution is 5.59. The molecule has 0 fully saturated rings. The number of benzene rings is 1. The van der Waals surface area contributed by atoms with E-state index in [1.807, 2.05) is 0 Å². The molecule has 0 saturated carbocycles. The number of fused-ring (bicyclic) bond motifs is 1. The number of rotatable bonds is 1. The Balaban J connectivity index is 2.40. The Hall–Kier alpha value is -1.02. The van der Waals surface area contributed by atoms with Crippen LogP contribution in [-0.2, 0) is 6.42 Å². The van der Waals surface area contributed by atoms with Gasteiger partial charge >= 0.3 is 0 Å². The molecule has 0 amide bonds. The fourth-order valence-electron chi connectivity index (χ4n) is 2.10. The monoisotopic (exact) mass is 176 g/mol. The average molecular weight is 176 g/mol. The lowest BCUT2D eigenvalue weighted by Gasteiger charge is -2.28. The largest absolute Gasteiger partial charge is 0.353 e. The van der Waals surface area contributed by atoms with E-state index in [1.165, 1.54) is 11.3 Å². The first kappa shape index (κ1) is 8.57. The number of nitrogens with two attached hydrogens (primary N) is 1. The Morgan fingerprint density at radius 3 is 2.77 bits per heavy atom. The molecule has 2 nitrogen and oxygen atoms in total. The van der Waals surface area contributed by atoms with Crippen LogP contribution in [0.2, 0.25) is 0 Å². The summed E-state index contributed by atoms with van der Waals surface area (Å²) in [5.74, 6) is 0. The number of anilines is 1. The summed E-state index contributed by atoms with van der Waals surface area (Å²) in [4.78, 5) is 2.29. The Bertz CT molecular complexity index is 307. The van der Waals surface area contributed by atoms with Crippen molar-refractivity contribution in [2.24, 2.45) is 5.73 Å². The van der Waals surface area contributed by atoms with Crippen molar-refractivity contribution in [2.45, 2.75) is 32.5 Å². The van der Waals surface area contributed by atoms with Crippen LogP contribution in [0.5, 0.6) is 0 Å². The first-order valence-corrected chi connectivity index (χ1v) is 4.82. The van der Waals surface area contributed by atoms with E-state index >= 15 is 0 Å². The van der Waals surface area contributed by atoms with Crippen LogP contribution in [-0.4, -0.2) is 12.2 Å². The average Bonchev–Trinajstić information content (AvgIpc) is 2.39. The molecule has 1 aliphatic rings. The third-order valence-corrected chi connectivity index (χ3v) is 2.61. The van der Waals surface area contributed by atoms with Crippen LogP contribution in [0.15, 0.2) is 24.3 Å². The lowest BCUT2D eigenvalue weighted by atomic mass is 10.1. The highest BCUT2D eigenvalue weighted by Crippen LogP contribution is 2.31. The van der Waals surface area contributed by atoms with Crippen molar-refractivity contribution >= 4 is 5.69 Å². The number of para-hydroxylation sites is 1. The molecule has 1 heterocycles. The van der Waals surface area contributed by atoms with E-state index in [0.717, 1.165) is 6.42 Å². The first-order valence-electron chi connectivity index (χ1n) is 4.82. The molecule has 0 spiro atoms. The smallest absolute Gasteiger partial charge is 0.0815 e. The van der Waals surface area contributed by atoms with Crippen LogP contribution in [0.4, 0.5) is 5.69 Å². The summed E-state index contributed by atoms with van der Waals surface area (Å²) in [6.07, 6.45) is 1.14.